The Morgan fingerprint density at radius 3 is 2.68 bits per heavy atom. The standard InChI is InChI=1S/C21H26F3N5O2/c1-14(9-17-27-26-13-28(17)3)16-6-4-5-15(10-16)11-18(30)29-8-7-20(12-29,19(31)25-2)21(22,23)24/h4-6,10,13-14H,7-9,11-12H2,1-3H3,(H,25,31)/t14-,20?/m1/s1. The van der Waals surface area contributed by atoms with Crippen LogP contribution in [0.25, 0.3) is 0 Å². The van der Waals surface area contributed by atoms with Gasteiger partial charge in [0, 0.05) is 33.6 Å². The van der Waals surface area contributed by atoms with Crippen molar-refractivity contribution in [2.45, 2.75) is 38.3 Å². The first-order valence-corrected chi connectivity index (χ1v) is 10.1. The second-order valence-corrected chi connectivity index (χ2v) is 8.11. The molecule has 1 aromatic carbocycles. The predicted molar refractivity (Wildman–Crippen MR) is 107 cm³/mol. The van der Waals surface area contributed by atoms with E-state index in [4.69, 9.17) is 0 Å². The molecule has 0 aliphatic carbocycles. The number of hydrogen-bond acceptors (Lipinski definition) is 4. The average molecular weight is 437 g/mol. The van der Waals surface area contributed by atoms with Crippen LogP contribution >= 0.6 is 0 Å². The van der Waals surface area contributed by atoms with Gasteiger partial charge in [0.15, 0.2) is 5.41 Å². The minimum atomic E-state index is -4.72. The number of alkyl halides is 3. The van der Waals surface area contributed by atoms with Crippen LogP contribution in [0.1, 0.15) is 36.2 Å². The van der Waals surface area contributed by atoms with E-state index >= 15 is 0 Å². The number of carbonyl (C=O) groups is 2. The third-order valence-corrected chi connectivity index (χ3v) is 6.00. The normalized spacial score (nSPS) is 20.0. The lowest BCUT2D eigenvalue weighted by Crippen LogP contribution is -2.52. The largest absolute Gasteiger partial charge is 0.404 e. The number of rotatable bonds is 6. The van der Waals surface area contributed by atoms with Crippen LogP contribution in [0.5, 0.6) is 0 Å². The molecule has 31 heavy (non-hydrogen) atoms. The van der Waals surface area contributed by atoms with E-state index in [9.17, 15) is 22.8 Å². The Hall–Kier alpha value is -2.91. The molecule has 2 atom stereocenters. The highest BCUT2D eigenvalue weighted by atomic mass is 19.4. The molecule has 2 amide bonds. The van der Waals surface area contributed by atoms with E-state index in [1.807, 2.05) is 36.7 Å². The van der Waals surface area contributed by atoms with Crippen LogP contribution in [0.4, 0.5) is 13.2 Å². The third-order valence-electron chi connectivity index (χ3n) is 6.00. The number of aromatic nitrogens is 3. The number of carbonyl (C=O) groups excluding carboxylic acids is 2. The number of amides is 2. The summed E-state index contributed by atoms with van der Waals surface area (Å²) in [7, 11) is 3.04. The average Bonchev–Trinajstić information content (AvgIpc) is 3.35. The zero-order chi connectivity index (χ0) is 22.8. The molecule has 0 bridgehead atoms. The van der Waals surface area contributed by atoms with E-state index in [0.717, 1.165) is 21.9 Å². The summed E-state index contributed by atoms with van der Waals surface area (Å²) in [5.41, 5.74) is -0.828. The summed E-state index contributed by atoms with van der Waals surface area (Å²) in [6, 6.07) is 7.46. The summed E-state index contributed by atoms with van der Waals surface area (Å²) in [6.45, 7) is 1.28. The molecule has 1 aliphatic rings. The highest BCUT2D eigenvalue weighted by Crippen LogP contribution is 2.45. The molecule has 1 unspecified atom stereocenters. The first-order valence-electron chi connectivity index (χ1n) is 10.1. The third kappa shape index (κ3) is 4.57. The van der Waals surface area contributed by atoms with Crippen LogP contribution in [-0.4, -0.2) is 57.8 Å². The van der Waals surface area contributed by atoms with Crippen molar-refractivity contribution in [3.8, 4) is 0 Å². The summed E-state index contributed by atoms with van der Waals surface area (Å²) in [5.74, 6) is -0.567. The molecule has 1 aliphatic heterocycles. The topological polar surface area (TPSA) is 80.1 Å². The van der Waals surface area contributed by atoms with Crippen LogP contribution < -0.4 is 5.32 Å². The molecule has 0 saturated carbocycles. The van der Waals surface area contributed by atoms with Crippen molar-refractivity contribution in [1.29, 1.82) is 0 Å². The van der Waals surface area contributed by atoms with Crippen molar-refractivity contribution in [2.24, 2.45) is 12.5 Å². The Morgan fingerprint density at radius 1 is 1.32 bits per heavy atom. The lowest BCUT2D eigenvalue weighted by atomic mass is 9.85. The fourth-order valence-corrected chi connectivity index (χ4v) is 3.99. The van der Waals surface area contributed by atoms with Gasteiger partial charge >= 0.3 is 6.18 Å². The lowest BCUT2D eigenvalue weighted by molar-refractivity contribution is -0.217. The van der Waals surface area contributed by atoms with Gasteiger partial charge in [-0.05, 0) is 23.5 Å². The number of halogens is 3. The molecule has 2 heterocycles. The van der Waals surface area contributed by atoms with Gasteiger partial charge in [-0.25, -0.2) is 0 Å². The molecular weight excluding hydrogens is 411 g/mol. The molecular formula is C21H26F3N5O2. The number of hydrogen-bond donors (Lipinski definition) is 1. The minimum absolute atomic E-state index is 0.0216. The number of likely N-dealkylation sites (tertiary alicyclic amines) is 1. The molecule has 1 aromatic heterocycles. The van der Waals surface area contributed by atoms with Gasteiger partial charge in [-0.15, -0.1) is 10.2 Å². The van der Waals surface area contributed by atoms with E-state index in [1.165, 1.54) is 7.05 Å². The van der Waals surface area contributed by atoms with Gasteiger partial charge in [0.1, 0.15) is 12.2 Å². The van der Waals surface area contributed by atoms with Crippen molar-refractivity contribution in [2.75, 3.05) is 20.1 Å². The van der Waals surface area contributed by atoms with Crippen molar-refractivity contribution in [3.05, 3.63) is 47.5 Å². The second-order valence-electron chi connectivity index (χ2n) is 8.11. The molecule has 0 spiro atoms. The van der Waals surface area contributed by atoms with E-state index in [1.54, 1.807) is 12.4 Å². The first kappa shape index (κ1) is 22.8. The second kappa shape index (κ2) is 8.68. The number of nitrogens with zero attached hydrogens (tertiary/aromatic N) is 4. The number of benzene rings is 1. The van der Waals surface area contributed by atoms with E-state index < -0.39 is 36.4 Å². The molecule has 1 N–H and O–H groups in total. The van der Waals surface area contributed by atoms with Crippen molar-refractivity contribution < 1.29 is 22.8 Å². The van der Waals surface area contributed by atoms with Gasteiger partial charge < -0.3 is 14.8 Å². The number of nitrogens with one attached hydrogen (secondary N) is 1. The van der Waals surface area contributed by atoms with Crippen LogP contribution in [-0.2, 0) is 29.5 Å². The molecule has 7 nitrogen and oxygen atoms in total. The van der Waals surface area contributed by atoms with Gasteiger partial charge in [-0.2, -0.15) is 13.2 Å². The van der Waals surface area contributed by atoms with Crippen molar-refractivity contribution >= 4 is 11.8 Å². The Bertz CT molecular complexity index is 958. The molecule has 10 heteroatoms. The van der Waals surface area contributed by atoms with Crippen LogP contribution in [0.15, 0.2) is 30.6 Å². The Labute approximate surface area is 178 Å². The molecule has 0 radical (unpaired) electrons. The van der Waals surface area contributed by atoms with Gasteiger partial charge in [0.05, 0.1) is 6.42 Å². The van der Waals surface area contributed by atoms with Crippen LogP contribution in [0, 0.1) is 5.41 Å². The Balaban J connectivity index is 1.69. The fourth-order valence-electron chi connectivity index (χ4n) is 3.99. The van der Waals surface area contributed by atoms with Crippen LogP contribution in [0.2, 0.25) is 0 Å². The Kier molecular flexibility index (Phi) is 6.38. The fraction of sp³-hybridized carbons (Fsp3) is 0.524. The molecule has 2 aromatic rings. The Morgan fingerprint density at radius 2 is 2.06 bits per heavy atom. The van der Waals surface area contributed by atoms with E-state index in [-0.39, 0.29) is 18.9 Å². The number of aryl methyl sites for hydroxylation is 1. The summed E-state index contributed by atoms with van der Waals surface area (Å²) in [5, 5.41) is 10.1. The molecule has 1 saturated heterocycles. The van der Waals surface area contributed by atoms with Gasteiger partial charge in [0.2, 0.25) is 11.8 Å². The molecule has 1 fully saturated rings. The minimum Gasteiger partial charge on any atom is -0.358 e. The quantitative estimate of drug-likeness (QED) is 0.752. The highest BCUT2D eigenvalue weighted by molar-refractivity contribution is 5.86. The maximum atomic E-state index is 13.6. The molecule has 168 valence electrons. The SMILES string of the molecule is CNC(=O)C1(C(F)(F)F)CCN(C(=O)Cc2cccc([C@H](C)Cc3nncn3C)c2)C1. The predicted octanol–water partition coefficient (Wildman–Crippen LogP) is 2.23. The van der Waals surface area contributed by atoms with Crippen molar-refractivity contribution in [1.82, 2.24) is 25.0 Å². The smallest absolute Gasteiger partial charge is 0.358 e. The highest BCUT2D eigenvalue weighted by Gasteiger charge is 2.63. The zero-order valence-electron chi connectivity index (χ0n) is 17.7. The monoisotopic (exact) mass is 437 g/mol. The summed E-state index contributed by atoms with van der Waals surface area (Å²) in [4.78, 5) is 25.9. The molecule has 3 rings (SSSR count). The maximum absolute atomic E-state index is 13.6. The van der Waals surface area contributed by atoms with Gasteiger partial charge in [-0.1, -0.05) is 31.2 Å². The van der Waals surface area contributed by atoms with Gasteiger partial charge in [0.25, 0.3) is 0 Å². The van der Waals surface area contributed by atoms with E-state index in [2.05, 4.69) is 15.5 Å². The summed E-state index contributed by atoms with van der Waals surface area (Å²) < 4.78 is 42.7. The van der Waals surface area contributed by atoms with E-state index in [0.29, 0.717) is 6.42 Å². The van der Waals surface area contributed by atoms with Crippen LogP contribution in [0.3, 0.4) is 0 Å². The van der Waals surface area contributed by atoms with Gasteiger partial charge in [-0.3, -0.25) is 9.59 Å². The summed E-state index contributed by atoms with van der Waals surface area (Å²) in [6.07, 6.45) is -2.88. The zero-order valence-corrected chi connectivity index (χ0v) is 17.7. The first-order chi connectivity index (χ1) is 14.6. The lowest BCUT2D eigenvalue weighted by Gasteiger charge is -2.29. The summed E-state index contributed by atoms with van der Waals surface area (Å²) >= 11 is 0. The van der Waals surface area contributed by atoms with Crippen molar-refractivity contribution in [3.63, 3.8) is 0 Å². The maximum Gasteiger partial charge on any atom is 0.404 e.